The van der Waals surface area contributed by atoms with Gasteiger partial charge >= 0.3 is 0 Å². The van der Waals surface area contributed by atoms with E-state index < -0.39 is 0 Å². The molecule has 1 N–H and O–H groups in total. The van der Waals surface area contributed by atoms with Crippen LogP contribution in [-0.4, -0.2) is 35.6 Å². The standard InChI is InChI=1S/C16H26FN3/c1-3-16(15-9-8-13(17)11-19-15)20(4-2)12-14-7-5-6-10-18-14/h8-9,11,14,16,18H,3-7,10,12H2,1-2H3. The Bertz CT molecular complexity index is 387. The minimum absolute atomic E-state index is 0.263. The number of aromatic nitrogens is 1. The van der Waals surface area contributed by atoms with Crippen LogP contribution in [-0.2, 0) is 0 Å². The molecule has 3 nitrogen and oxygen atoms in total. The molecule has 0 aromatic carbocycles. The van der Waals surface area contributed by atoms with E-state index in [9.17, 15) is 4.39 Å². The van der Waals surface area contributed by atoms with Gasteiger partial charge in [-0.1, -0.05) is 20.3 Å². The van der Waals surface area contributed by atoms with Gasteiger partial charge in [0.1, 0.15) is 5.82 Å². The number of nitrogens with zero attached hydrogens (tertiary/aromatic N) is 2. The SMILES string of the molecule is CCC(c1ccc(F)cn1)N(CC)CC1CCCCN1. The van der Waals surface area contributed by atoms with Crippen molar-refractivity contribution in [3.8, 4) is 0 Å². The van der Waals surface area contributed by atoms with Crippen LogP contribution in [0.5, 0.6) is 0 Å². The van der Waals surface area contributed by atoms with Crippen LogP contribution < -0.4 is 5.32 Å². The minimum atomic E-state index is -0.263. The Morgan fingerprint density at radius 3 is 2.80 bits per heavy atom. The Kier molecular flexibility index (Phi) is 5.92. The molecule has 0 aliphatic carbocycles. The molecule has 1 saturated heterocycles. The summed E-state index contributed by atoms with van der Waals surface area (Å²) in [5.74, 6) is -0.263. The van der Waals surface area contributed by atoms with Crippen molar-refractivity contribution >= 4 is 0 Å². The molecule has 2 rings (SSSR count). The Morgan fingerprint density at radius 1 is 1.40 bits per heavy atom. The Morgan fingerprint density at radius 2 is 2.25 bits per heavy atom. The average Bonchev–Trinajstić information content (AvgIpc) is 2.49. The summed E-state index contributed by atoms with van der Waals surface area (Å²) >= 11 is 0. The van der Waals surface area contributed by atoms with Crippen molar-refractivity contribution in [1.29, 1.82) is 0 Å². The van der Waals surface area contributed by atoms with Crippen LogP contribution in [0.1, 0.15) is 51.3 Å². The van der Waals surface area contributed by atoms with Crippen molar-refractivity contribution in [2.24, 2.45) is 0 Å². The van der Waals surface area contributed by atoms with Gasteiger partial charge in [0.15, 0.2) is 0 Å². The summed E-state index contributed by atoms with van der Waals surface area (Å²) in [7, 11) is 0. The maximum Gasteiger partial charge on any atom is 0.141 e. The monoisotopic (exact) mass is 279 g/mol. The van der Waals surface area contributed by atoms with Gasteiger partial charge in [-0.05, 0) is 44.5 Å². The Hall–Kier alpha value is -1.00. The fraction of sp³-hybridized carbons (Fsp3) is 0.688. The highest BCUT2D eigenvalue weighted by molar-refractivity contribution is 5.10. The van der Waals surface area contributed by atoms with Crippen LogP contribution in [0.3, 0.4) is 0 Å². The minimum Gasteiger partial charge on any atom is -0.313 e. The van der Waals surface area contributed by atoms with Gasteiger partial charge in [0.25, 0.3) is 0 Å². The smallest absolute Gasteiger partial charge is 0.141 e. The molecule has 0 bridgehead atoms. The quantitative estimate of drug-likeness (QED) is 0.867. The number of piperidine rings is 1. The lowest BCUT2D eigenvalue weighted by atomic mass is 10.0. The number of hydrogen-bond donors (Lipinski definition) is 1. The highest BCUT2D eigenvalue weighted by atomic mass is 19.1. The molecule has 1 aliphatic heterocycles. The molecular weight excluding hydrogens is 253 g/mol. The number of nitrogens with one attached hydrogen (secondary N) is 1. The number of hydrogen-bond acceptors (Lipinski definition) is 3. The number of rotatable bonds is 6. The number of pyridine rings is 1. The normalized spacial score (nSPS) is 21.1. The van der Waals surface area contributed by atoms with Gasteiger partial charge in [-0.15, -0.1) is 0 Å². The van der Waals surface area contributed by atoms with Crippen LogP contribution in [0.25, 0.3) is 0 Å². The maximum absolute atomic E-state index is 13.0. The second-order valence-corrected chi connectivity index (χ2v) is 5.56. The van der Waals surface area contributed by atoms with Gasteiger partial charge in [-0.25, -0.2) is 4.39 Å². The second-order valence-electron chi connectivity index (χ2n) is 5.56. The summed E-state index contributed by atoms with van der Waals surface area (Å²) in [6.07, 6.45) is 6.19. The van der Waals surface area contributed by atoms with E-state index in [1.807, 2.05) is 6.07 Å². The molecule has 1 aromatic heterocycles. The first-order valence-electron chi connectivity index (χ1n) is 7.83. The van der Waals surface area contributed by atoms with Crippen LogP contribution in [0.2, 0.25) is 0 Å². The molecule has 2 atom stereocenters. The predicted molar refractivity (Wildman–Crippen MR) is 80.1 cm³/mol. The highest BCUT2D eigenvalue weighted by Crippen LogP contribution is 2.23. The van der Waals surface area contributed by atoms with Crippen molar-refractivity contribution in [1.82, 2.24) is 15.2 Å². The molecule has 20 heavy (non-hydrogen) atoms. The van der Waals surface area contributed by atoms with Gasteiger partial charge < -0.3 is 5.32 Å². The van der Waals surface area contributed by atoms with Gasteiger partial charge in [-0.2, -0.15) is 0 Å². The summed E-state index contributed by atoms with van der Waals surface area (Å²) in [5, 5.41) is 3.60. The van der Waals surface area contributed by atoms with E-state index >= 15 is 0 Å². The molecule has 0 saturated carbocycles. The Labute approximate surface area is 121 Å². The molecule has 0 radical (unpaired) electrons. The van der Waals surface area contributed by atoms with Crippen LogP contribution in [0.15, 0.2) is 18.3 Å². The van der Waals surface area contributed by atoms with E-state index in [-0.39, 0.29) is 11.9 Å². The lowest BCUT2D eigenvalue weighted by Gasteiger charge is -2.34. The number of halogens is 1. The van der Waals surface area contributed by atoms with Crippen molar-refractivity contribution < 1.29 is 4.39 Å². The van der Waals surface area contributed by atoms with Crippen LogP contribution in [0, 0.1) is 5.82 Å². The van der Waals surface area contributed by atoms with Crippen molar-refractivity contribution in [2.75, 3.05) is 19.6 Å². The fourth-order valence-corrected chi connectivity index (χ4v) is 3.08. The van der Waals surface area contributed by atoms with Gasteiger partial charge in [0, 0.05) is 12.6 Å². The summed E-state index contributed by atoms with van der Waals surface area (Å²) in [6, 6.07) is 4.19. The molecule has 0 spiro atoms. The van der Waals surface area contributed by atoms with E-state index in [1.54, 1.807) is 0 Å². The summed E-state index contributed by atoms with van der Waals surface area (Å²) in [5.41, 5.74) is 0.978. The molecule has 4 heteroatoms. The first kappa shape index (κ1) is 15.4. The third-order valence-electron chi connectivity index (χ3n) is 4.19. The molecule has 1 aliphatic rings. The average molecular weight is 279 g/mol. The van der Waals surface area contributed by atoms with Gasteiger partial charge in [0.2, 0.25) is 0 Å². The molecule has 112 valence electrons. The molecule has 2 unspecified atom stereocenters. The molecule has 1 fully saturated rings. The van der Waals surface area contributed by atoms with E-state index in [0.29, 0.717) is 6.04 Å². The van der Waals surface area contributed by atoms with E-state index in [4.69, 9.17) is 0 Å². The first-order valence-corrected chi connectivity index (χ1v) is 7.83. The van der Waals surface area contributed by atoms with Crippen molar-refractivity contribution in [3.63, 3.8) is 0 Å². The van der Waals surface area contributed by atoms with E-state index in [0.717, 1.165) is 31.7 Å². The zero-order valence-corrected chi connectivity index (χ0v) is 12.6. The predicted octanol–water partition coefficient (Wildman–Crippen LogP) is 3.14. The first-order chi connectivity index (χ1) is 9.74. The summed E-state index contributed by atoms with van der Waals surface area (Å²) in [4.78, 5) is 6.74. The maximum atomic E-state index is 13.0. The summed E-state index contributed by atoms with van der Waals surface area (Å²) < 4.78 is 13.0. The highest BCUT2D eigenvalue weighted by Gasteiger charge is 2.23. The van der Waals surface area contributed by atoms with Crippen molar-refractivity contribution in [3.05, 3.63) is 29.8 Å². The summed E-state index contributed by atoms with van der Waals surface area (Å²) in [6.45, 7) is 7.54. The van der Waals surface area contributed by atoms with Crippen LogP contribution in [0.4, 0.5) is 4.39 Å². The second kappa shape index (κ2) is 7.70. The lowest BCUT2D eigenvalue weighted by Crippen LogP contribution is -2.44. The van der Waals surface area contributed by atoms with E-state index in [2.05, 4.69) is 29.0 Å². The van der Waals surface area contributed by atoms with Crippen molar-refractivity contribution in [2.45, 2.75) is 51.6 Å². The topological polar surface area (TPSA) is 28.2 Å². The molecule has 2 heterocycles. The lowest BCUT2D eigenvalue weighted by molar-refractivity contribution is 0.166. The third kappa shape index (κ3) is 4.00. The third-order valence-corrected chi connectivity index (χ3v) is 4.19. The number of likely N-dealkylation sites (N-methyl/N-ethyl adjacent to an activating group) is 1. The van der Waals surface area contributed by atoms with Crippen LogP contribution >= 0.6 is 0 Å². The largest absolute Gasteiger partial charge is 0.313 e. The Balaban J connectivity index is 2.04. The molecule has 1 aromatic rings. The molecular formula is C16H26FN3. The van der Waals surface area contributed by atoms with E-state index in [1.165, 1.54) is 31.5 Å². The van der Waals surface area contributed by atoms with Gasteiger partial charge in [0.05, 0.1) is 17.9 Å². The zero-order valence-electron chi connectivity index (χ0n) is 12.6. The van der Waals surface area contributed by atoms with Gasteiger partial charge in [-0.3, -0.25) is 9.88 Å². The molecule has 0 amide bonds. The fourth-order valence-electron chi connectivity index (χ4n) is 3.08. The zero-order chi connectivity index (χ0) is 14.4.